The fourth-order valence-corrected chi connectivity index (χ4v) is 3.87. The van der Waals surface area contributed by atoms with Crippen LogP contribution in [0.15, 0.2) is 24.3 Å². The van der Waals surface area contributed by atoms with Gasteiger partial charge in [0.05, 0.1) is 26.8 Å². The van der Waals surface area contributed by atoms with E-state index in [1.54, 1.807) is 19.1 Å². The van der Waals surface area contributed by atoms with Crippen LogP contribution in [0.3, 0.4) is 0 Å². The van der Waals surface area contributed by atoms with Crippen LogP contribution in [-0.4, -0.2) is 60.4 Å². The maximum atomic E-state index is 12.4. The third-order valence-electron chi connectivity index (χ3n) is 5.18. The number of benzene rings is 1. The Labute approximate surface area is 164 Å². The zero-order chi connectivity index (χ0) is 19.8. The topological polar surface area (TPSA) is 77.0 Å². The third kappa shape index (κ3) is 3.30. The Morgan fingerprint density at radius 3 is 2.46 bits per heavy atom. The van der Waals surface area contributed by atoms with Crippen molar-refractivity contribution >= 4 is 12.0 Å². The molecule has 28 heavy (non-hydrogen) atoms. The van der Waals surface area contributed by atoms with E-state index < -0.39 is 0 Å². The number of aromatic nitrogens is 2. The summed E-state index contributed by atoms with van der Waals surface area (Å²) in [6.45, 7) is 5.60. The molecular weight excluding hydrogens is 360 g/mol. The number of rotatable bonds is 5. The van der Waals surface area contributed by atoms with E-state index in [0.29, 0.717) is 37.1 Å². The fourth-order valence-electron chi connectivity index (χ4n) is 3.87. The Morgan fingerprint density at radius 2 is 1.79 bits per heavy atom. The molecule has 8 nitrogen and oxygen atoms in total. The largest absolute Gasteiger partial charge is 0.493 e. The van der Waals surface area contributed by atoms with Gasteiger partial charge in [-0.15, -0.1) is 0 Å². The van der Waals surface area contributed by atoms with Gasteiger partial charge in [0.25, 0.3) is 0 Å². The maximum Gasteiger partial charge on any atom is 0.410 e. The maximum absolute atomic E-state index is 12.4. The molecule has 8 heteroatoms. The highest BCUT2D eigenvalue weighted by molar-refractivity contribution is 5.71. The Kier molecular flexibility index (Phi) is 4.70. The monoisotopic (exact) mass is 384 g/mol. The van der Waals surface area contributed by atoms with Crippen LogP contribution in [0.1, 0.15) is 17.0 Å². The Morgan fingerprint density at radius 1 is 1.07 bits per heavy atom. The number of carbonyl (C=O) groups is 1. The highest BCUT2D eigenvalue weighted by Crippen LogP contribution is 2.32. The second-order valence-corrected chi connectivity index (χ2v) is 7.16. The van der Waals surface area contributed by atoms with Crippen molar-refractivity contribution in [3.8, 4) is 11.5 Å². The van der Waals surface area contributed by atoms with Crippen molar-refractivity contribution in [2.75, 3.05) is 32.2 Å². The van der Waals surface area contributed by atoms with Gasteiger partial charge in [0.1, 0.15) is 6.10 Å². The number of methoxy groups -OCH3 is 2. The quantitative estimate of drug-likeness (QED) is 0.783. The molecule has 2 fully saturated rings. The summed E-state index contributed by atoms with van der Waals surface area (Å²) in [5.41, 5.74) is 2.81. The molecular formula is C20H24N4O4. The molecule has 0 unspecified atom stereocenters. The summed E-state index contributed by atoms with van der Waals surface area (Å²) >= 11 is 0. The van der Waals surface area contributed by atoms with Crippen LogP contribution in [0.25, 0.3) is 0 Å². The minimum absolute atomic E-state index is 0.0370. The van der Waals surface area contributed by atoms with E-state index in [1.807, 2.05) is 38.1 Å². The predicted molar refractivity (Wildman–Crippen MR) is 103 cm³/mol. The lowest BCUT2D eigenvalue weighted by molar-refractivity contribution is 0.135. The molecule has 2 aliphatic heterocycles. The fraction of sp³-hybridized carbons (Fsp3) is 0.450. The molecule has 0 radical (unpaired) electrons. The van der Waals surface area contributed by atoms with Crippen LogP contribution in [0.4, 0.5) is 10.7 Å². The van der Waals surface area contributed by atoms with Crippen molar-refractivity contribution in [1.29, 1.82) is 0 Å². The SMILES string of the molecule is COc1ccc(CN2C(=O)O[C@@H]3CN(c4nc(C)cc(C)n4)C[C@@H]32)cc1OC. The van der Waals surface area contributed by atoms with Gasteiger partial charge in [-0.05, 0) is 37.6 Å². The standard InChI is InChI=1S/C20H24N4O4/c1-12-7-13(2)22-19(21-12)23-10-15-18(11-23)28-20(25)24(15)9-14-5-6-16(26-3)17(8-14)27-4/h5-8,15,18H,9-11H2,1-4H3/t15-,18+/m0/s1. The molecule has 2 saturated heterocycles. The zero-order valence-electron chi connectivity index (χ0n) is 16.5. The van der Waals surface area contributed by atoms with Crippen molar-refractivity contribution in [2.24, 2.45) is 0 Å². The average molecular weight is 384 g/mol. The van der Waals surface area contributed by atoms with Crippen molar-refractivity contribution < 1.29 is 19.0 Å². The number of amides is 1. The summed E-state index contributed by atoms with van der Waals surface area (Å²) in [4.78, 5) is 25.4. The van der Waals surface area contributed by atoms with Crippen molar-refractivity contribution in [2.45, 2.75) is 32.5 Å². The number of fused-ring (bicyclic) bond motifs is 1. The lowest BCUT2D eigenvalue weighted by atomic mass is 10.1. The summed E-state index contributed by atoms with van der Waals surface area (Å²) in [7, 11) is 3.20. The number of carbonyl (C=O) groups excluding carboxylic acids is 1. The number of hydrogen-bond acceptors (Lipinski definition) is 7. The lowest BCUT2D eigenvalue weighted by Gasteiger charge is -2.23. The second-order valence-electron chi connectivity index (χ2n) is 7.16. The minimum Gasteiger partial charge on any atom is -0.493 e. The molecule has 0 saturated carbocycles. The highest BCUT2D eigenvalue weighted by Gasteiger charge is 2.48. The number of nitrogens with zero attached hydrogens (tertiary/aromatic N) is 4. The van der Waals surface area contributed by atoms with Gasteiger partial charge in [-0.2, -0.15) is 0 Å². The molecule has 2 aliphatic rings. The molecule has 1 aromatic heterocycles. The van der Waals surface area contributed by atoms with E-state index in [4.69, 9.17) is 14.2 Å². The van der Waals surface area contributed by atoms with Crippen molar-refractivity contribution in [1.82, 2.24) is 14.9 Å². The first-order valence-corrected chi connectivity index (χ1v) is 9.24. The smallest absolute Gasteiger partial charge is 0.410 e. The molecule has 4 rings (SSSR count). The Hall–Kier alpha value is -3.03. The van der Waals surface area contributed by atoms with Crippen LogP contribution in [0, 0.1) is 13.8 Å². The molecule has 0 aliphatic carbocycles. The van der Waals surface area contributed by atoms with Crippen LogP contribution in [-0.2, 0) is 11.3 Å². The summed E-state index contributed by atoms with van der Waals surface area (Å²) in [5.74, 6) is 1.99. The van der Waals surface area contributed by atoms with Crippen LogP contribution < -0.4 is 14.4 Å². The molecule has 3 heterocycles. The third-order valence-corrected chi connectivity index (χ3v) is 5.18. The minimum atomic E-state index is -0.286. The number of hydrogen-bond donors (Lipinski definition) is 0. The average Bonchev–Trinajstić information content (AvgIpc) is 3.19. The summed E-state index contributed by atoms with van der Waals surface area (Å²) in [6.07, 6.45) is -0.470. The first kappa shape index (κ1) is 18.3. The normalized spacial score (nSPS) is 20.9. The molecule has 2 aromatic rings. The number of aryl methyl sites for hydroxylation is 2. The van der Waals surface area contributed by atoms with Gasteiger partial charge in [-0.25, -0.2) is 14.8 Å². The first-order chi connectivity index (χ1) is 13.5. The van der Waals surface area contributed by atoms with Gasteiger partial charge in [0, 0.05) is 24.5 Å². The van der Waals surface area contributed by atoms with Gasteiger partial charge in [-0.1, -0.05) is 6.07 Å². The number of anilines is 1. The van der Waals surface area contributed by atoms with Gasteiger partial charge in [0.2, 0.25) is 5.95 Å². The second kappa shape index (κ2) is 7.18. The summed E-state index contributed by atoms with van der Waals surface area (Å²) in [5, 5.41) is 0. The Bertz CT molecular complexity index is 884. The van der Waals surface area contributed by atoms with E-state index in [-0.39, 0.29) is 18.2 Å². The zero-order valence-corrected chi connectivity index (χ0v) is 16.5. The van der Waals surface area contributed by atoms with Crippen LogP contribution in [0.5, 0.6) is 11.5 Å². The Balaban J connectivity index is 1.52. The first-order valence-electron chi connectivity index (χ1n) is 9.24. The summed E-state index contributed by atoms with van der Waals surface area (Å²) in [6, 6.07) is 7.58. The molecule has 1 amide bonds. The van der Waals surface area contributed by atoms with E-state index in [0.717, 1.165) is 17.0 Å². The van der Waals surface area contributed by atoms with Crippen LogP contribution in [0.2, 0.25) is 0 Å². The van der Waals surface area contributed by atoms with E-state index in [9.17, 15) is 4.79 Å². The lowest BCUT2D eigenvalue weighted by Crippen LogP contribution is -2.37. The van der Waals surface area contributed by atoms with E-state index in [2.05, 4.69) is 14.9 Å². The van der Waals surface area contributed by atoms with Crippen LogP contribution >= 0.6 is 0 Å². The van der Waals surface area contributed by atoms with Gasteiger partial charge < -0.3 is 19.1 Å². The number of ether oxygens (including phenoxy) is 3. The van der Waals surface area contributed by atoms with Gasteiger partial charge in [0.15, 0.2) is 11.5 Å². The molecule has 0 N–H and O–H groups in total. The molecule has 0 spiro atoms. The van der Waals surface area contributed by atoms with Crippen molar-refractivity contribution in [3.05, 3.63) is 41.2 Å². The molecule has 148 valence electrons. The highest BCUT2D eigenvalue weighted by atomic mass is 16.6. The van der Waals surface area contributed by atoms with E-state index in [1.165, 1.54) is 0 Å². The van der Waals surface area contributed by atoms with Gasteiger partial charge >= 0.3 is 6.09 Å². The van der Waals surface area contributed by atoms with Crippen molar-refractivity contribution in [3.63, 3.8) is 0 Å². The molecule has 1 aromatic carbocycles. The molecule has 0 bridgehead atoms. The predicted octanol–water partition coefficient (Wildman–Crippen LogP) is 2.32. The summed E-state index contributed by atoms with van der Waals surface area (Å²) < 4.78 is 16.3. The molecule has 2 atom stereocenters. The van der Waals surface area contributed by atoms with E-state index >= 15 is 0 Å². The van der Waals surface area contributed by atoms with Gasteiger partial charge in [-0.3, -0.25) is 4.90 Å².